The fourth-order valence-corrected chi connectivity index (χ4v) is 1.73. The van der Waals surface area contributed by atoms with E-state index in [0.717, 1.165) is 11.1 Å². The Balaban J connectivity index is 2.63. The van der Waals surface area contributed by atoms with Crippen molar-refractivity contribution in [1.29, 1.82) is 0 Å². The highest BCUT2D eigenvalue weighted by Gasteiger charge is 2.16. The van der Waals surface area contributed by atoms with E-state index in [1.54, 1.807) is 0 Å². The molecule has 0 aliphatic rings. The Kier molecular flexibility index (Phi) is 5.12. The molecule has 2 atom stereocenters. The summed E-state index contributed by atoms with van der Waals surface area (Å²) in [5.41, 5.74) is 7.91. The summed E-state index contributed by atoms with van der Waals surface area (Å²) in [6, 6.07) is 7.29. The molecule has 0 aliphatic heterocycles. The second-order valence-electron chi connectivity index (χ2n) is 4.15. The van der Waals surface area contributed by atoms with E-state index in [4.69, 9.17) is 10.5 Å². The van der Waals surface area contributed by atoms with Crippen molar-refractivity contribution in [1.82, 2.24) is 5.32 Å². The van der Waals surface area contributed by atoms with Crippen LogP contribution in [0.25, 0.3) is 0 Å². The first-order chi connectivity index (χ1) is 8.06. The molecular formula is C13H20N2O2. The topological polar surface area (TPSA) is 64.3 Å². The molecule has 1 aromatic carbocycles. The minimum Gasteiger partial charge on any atom is -0.383 e. The summed E-state index contributed by atoms with van der Waals surface area (Å²) in [6.45, 7) is 4.19. The van der Waals surface area contributed by atoms with Gasteiger partial charge in [-0.2, -0.15) is 0 Å². The van der Waals surface area contributed by atoms with E-state index in [9.17, 15) is 4.79 Å². The minimum atomic E-state index is -0.619. The summed E-state index contributed by atoms with van der Waals surface area (Å²) in [5, 5.41) is 2.88. The number of carbonyl (C=O) groups is 1. The molecule has 0 spiro atoms. The second-order valence-corrected chi connectivity index (χ2v) is 4.15. The fourth-order valence-electron chi connectivity index (χ4n) is 1.73. The monoisotopic (exact) mass is 236 g/mol. The third kappa shape index (κ3) is 3.84. The first-order valence-corrected chi connectivity index (χ1v) is 5.66. The van der Waals surface area contributed by atoms with Gasteiger partial charge in [-0.3, -0.25) is 4.79 Å². The Morgan fingerprint density at radius 3 is 2.71 bits per heavy atom. The molecule has 4 nitrogen and oxygen atoms in total. The van der Waals surface area contributed by atoms with Crippen LogP contribution in [0.2, 0.25) is 0 Å². The predicted molar refractivity (Wildman–Crippen MR) is 67.6 cm³/mol. The number of carbonyl (C=O) groups excluding carboxylic acids is 1. The van der Waals surface area contributed by atoms with Crippen LogP contribution >= 0.6 is 0 Å². The lowest BCUT2D eigenvalue weighted by Gasteiger charge is -2.19. The van der Waals surface area contributed by atoms with Crippen molar-refractivity contribution in [2.75, 3.05) is 13.7 Å². The standard InChI is InChI=1S/C13H20N2O2/c1-9-6-4-5-7-11(9)10(2)15-13(16)12(14)8-17-3/h4-7,10,12H,8,14H2,1-3H3,(H,15,16)/t10-,12?/m1/s1. The summed E-state index contributed by atoms with van der Waals surface area (Å²) in [6.07, 6.45) is 0. The summed E-state index contributed by atoms with van der Waals surface area (Å²) < 4.78 is 4.85. The van der Waals surface area contributed by atoms with Gasteiger partial charge in [0, 0.05) is 7.11 Å². The Hall–Kier alpha value is -1.39. The van der Waals surface area contributed by atoms with Crippen molar-refractivity contribution in [3.8, 4) is 0 Å². The number of hydrogen-bond donors (Lipinski definition) is 2. The van der Waals surface area contributed by atoms with Crippen LogP contribution in [-0.2, 0) is 9.53 Å². The summed E-state index contributed by atoms with van der Waals surface area (Å²) >= 11 is 0. The van der Waals surface area contributed by atoms with Crippen LogP contribution in [0.4, 0.5) is 0 Å². The zero-order valence-corrected chi connectivity index (χ0v) is 10.6. The molecule has 0 saturated heterocycles. The molecule has 4 heteroatoms. The average molecular weight is 236 g/mol. The third-order valence-electron chi connectivity index (χ3n) is 2.70. The highest BCUT2D eigenvalue weighted by molar-refractivity contribution is 5.82. The molecule has 17 heavy (non-hydrogen) atoms. The largest absolute Gasteiger partial charge is 0.383 e. The van der Waals surface area contributed by atoms with Crippen molar-refractivity contribution >= 4 is 5.91 Å². The fraction of sp³-hybridized carbons (Fsp3) is 0.462. The Morgan fingerprint density at radius 1 is 1.47 bits per heavy atom. The number of ether oxygens (including phenoxy) is 1. The van der Waals surface area contributed by atoms with Gasteiger partial charge in [-0.05, 0) is 25.0 Å². The molecule has 0 heterocycles. The van der Waals surface area contributed by atoms with Crippen LogP contribution in [0.3, 0.4) is 0 Å². The van der Waals surface area contributed by atoms with Gasteiger partial charge in [0.05, 0.1) is 12.6 Å². The quantitative estimate of drug-likeness (QED) is 0.806. The lowest BCUT2D eigenvalue weighted by atomic mass is 10.0. The van der Waals surface area contributed by atoms with E-state index in [1.807, 2.05) is 38.1 Å². The van der Waals surface area contributed by atoms with E-state index < -0.39 is 6.04 Å². The maximum absolute atomic E-state index is 11.7. The van der Waals surface area contributed by atoms with E-state index in [-0.39, 0.29) is 18.6 Å². The van der Waals surface area contributed by atoms with Gasteiger partial charge in [-0.1, -0.05) is 24.3 Å². The van der Waals surface area contributed by atoms with Crippen molar-refractivity contribution in [2.45, 2.75) is 25.9 Å². The molecular weight excluding hydrogens is 216 g/mol. The summed E-state index contributed by atoms with van der Waals surface area (Å²) in [7, 11) is 1.53. The van der Waals surface area contributed by atoms with Crippen molar-refractivity contribution in [2.24, 2.45) is 5.73 Å². The van der Waals surface area contributed by atoms with E-state index >= 15 is 0 Å². The Labute approximate surface area is 102 Å². The number of amides is 1. The van der Waals surface area contributed by atoms with Crippen LogP contribution in [0.15, 0.2) is 24.3 Å². The molecule has 0 saturated carbocycles. The number of hydrogen-bond acceptors (Lipinski definition) is 3. The smallest absolute Gasteiger partial charge is 0.239 e. The van der Waals surface area contributed by atoms with Gasteiger partial charge >= 0.3 is 0 Å². The molecule has 0 aliphatic carbocycles. The Morgan fingerprint density at radius 2 is 2.12 bits per heavy atom. The van der Waals surface area contributed by atoms with Gasteiger partial charge in [0.2, 0.25) is 5.91 Å². The molecule has 1 unspecified atom stereocenters. The first kappa shape index (κ1) is 13.7. The molecule has 1 amide bonds. The maximum atomic E-state index is 11.7. The van der Waals surface area contributed by atoms with Crippen molar-refractivity contribution in [3.63, 3.8) is 0 Å². The van der Waals surface area contributed by atoms with Crippen LogP contribution in [-0.4, -0.2) is 25.7 Å². The molecule has 0 bridgehead atoms. The highest BCUT2D eigenvalue weighted by atomic mass is 16.5. The molecule has 1 aromatic rings. The van der Waals surface area contributed by atoms with Crippen LogP contribution in [0.1, 0.15) is 24.1 Å². The predicted octanol–water partition coefficient (Wildman–Crippen LogP) is 1.15. The Bertz CT molecular complexity index is 379. The van der Waals surface area contributed by atoms with Crippen LogP contribution in [0, 0.1) is 6.92 Å². The SMILES string of the molecule is COCC(N)C(=O)N[C@H](C)c1ccccc1C. The van der Waals surface area contributed by atoms with Gasteiger partial charge in [0.1, 0.15) is 6.04 Å². The number of methoxy groups -OCH3 is 1. The number of aryl methyl sites for hydroxylation is 1. The average Bonchev–Trinajstić information content (AvgIpc) is 2.29. The van der Waals surface area contributed by atoms with Gasteiger partial charge in [0.15, 0.2) is 0 Å². The molecule has 0 radical (unpaired) electrons. The first-order valence-electron chi connectivity index (χ1n) is 5.66. The molecule has 3 N–H and O–H groups in total. The summed E-state index contributed by atoms with van der Waals surface area (Å²) in [4.78, 5) is 11.7. The number of benzene rings is 1. The number of rotatable bonds is 5. The molecule has 94 valence electrons. The van der Waals surface area contributed by atoms with E-state index in [0.29, 0.717) is 0 Å². The van der Waals surface area contributed by atoms with Crippen LogP contribution < -0.4 is 11.1 Å². The number of nitrogens with one attached hydrogen (secondary N) is 1. The highest BCUT2D eigenvalue weighted by Crippen LogP contribution is 2.16. The normalized spacial score (nSPS) is 14.1. The van der Waals surface area contributed by atoms with Crippen LogP contribution in [0.5, 0.6) is 0 Å². The molecule has 1 rings (SSSR count). The lowest BCUT2D eigenvalue weighted by molar-refractivity contribution is -0.124. The van der Waals surface area contributed by atoms with E-state index in [1.165, 1.54) is 7.11 Å². The van der Waals surface area contributed by atoms with Gasteiger partial charge in [0.25, 0.3) is 0 Å². The maximum Gasteiger partial charge on any atom is 0.239 e. The zero-order chi connectivity index (χ0) is 12.8. The van der Waals surface area contributed by atoms with Gasteiger partial charge in [-0.15, -0.1) is 0 Å². The van der Waals surface area contributed by atoms with E-state index in [2.05, 4.69) is 5.32 Å². The minimum absolute atomic E-state index is 0.0494. The summed E-state index contributed by atoms with van der Waals surface area (Å²) in [5.74, 6) is -0.192. The zero-order valence-electron chi connectivity index (χ0n) is 10.6. The molecule has 0 fully saturated rings. The van der Waals surface area contributed by atoms with Gasteiger partial charge < -0.3 is 15.8 Å². The third-order valence-corrected chi connectivity index (χ3v) is 2.70. The van der Waals surface area contributed by atoms with Crippen molar-refractivity contribution in [3.05, 3.63) is 35.4 Å². The number of nitrogens with two attached hydrogens (primary N) is 1. The van der Waals surface area contributed by atoms with Crippen molar-refractivity contribution < 1.29 is 9.53 Å². The lowest BCUT2D eigenvalue weighted by Crippen LogP contribution is -2.44. The molecule has 0 aromatic heterocycles. The second kappa shape index (κ2) is 6.37. The van der Waals surface area contributed by atoms with Gasteiger partial charge in [-0.25, -0.2) is 0 Å².